The van der Waals surface area contributed by atoms with Crippen LogP contribution in [0.3, 0.4) is 0 Å². The molecule has 1 aliphatic rings. The Bertz CT molecular complexity index is 857. The summed E-state index contributed by atoms with van der Waals surface area (Å²) >= 11 is 3.37. The molecule has 0 spiro atoms. The Morgan fingerprint density at radius 2 is 1.89 bits per heavy atom. The van der Waals surface area contributed by atoms with Crippen LogP contribution in [0.25, 0.3) is 0 Å². The van der Waals surface area contributed by atoms with Gasteiger partial charge < -0.3 is 25.4 Å². The number of carbonyl (C=O) groups is 1. The van der Waals surface area contributed by atoms with Crippen molar-refractivity contribution in [2.75, 3.05) is 26.9 Å². The maximum absolute atomic E-state index is 12.1. The predicted octanol–water partition coefficient (Wildman–Crippen LogP) is 2.66. The van der Waals surface area contributed by atoms with Crippen molar-refractivity contribution in [2.24, 2.45) is 4.99 Å². The van der Waals surface area contributed by atoms with Crippen LogP contribution in [0.2, 0.25) is 0 Å². The van der Waals surface area contributed by atoms with Crippen LogP contribution in [-0.4, -0.2) is 38.8 Å². The minimum absolute atomic E-state index is 0.0772. The van der Waals surface area contributed by atoms with E-state index in [0.29, 0.717) is 31.2 Å². The summed E-state index contributed by atoms with van der Waals surface area (Å²) < 4.78 is 11.6. The minimum Gasteiger partial charge on any atom is -0.454 e. The van der Waals surface area contributed by atoms with Crippen LogP contribution < -0.4 is 25.4 Å². The summed E-state index contributed by atoms with van der Waals surface area (Å²) in [4.78, 5) is 16.3. The summed E-state index contributed by atoms with van der Waals surface area (Å²) in [6.07, 6.45) is 0.782. The number of ether oxygens (including phenoxy) is 2. The van der Waals surface area contributed by atoms with Crippen LogP contribution in [0.4, 0.5) is 0 Å². The number of nitrogens with one attached hydrogen (secondary N) is 3. The Morgan fingerprint density at radius 1 is 1.07 bits per heavy atom. The molecule has 0 fully saturated rings. The van der Waals surface area contributed by atoms with E-state index >= 15 is 0 Å². The lowest BCUT2D eigenvalue weighted by atomic mass is 10.2. The molecule has 148 valence electrons. The first kappa shape index (κ1) is 20.0. The second-order valence-electron chi connectivity index (χ2n) is 6.16. The normalized spacial score (nSPS) is 12.6. The zero-order chi connectivity index (χ0) is 19.8. The number of nitrogens with zero attached hydrogens (tertiary/aromatic N) is 1. The van der Waals surface area contributed by atoms with E-state index in [9.17, 15) is 4.79 Å². The summed E-state index contributed by atoms with van der Waals surface area (Å²) in [6.45, 7) is 2.17. The highest BCUT2D eigenvalue weighted by atomic mass is 79.9. The topological polar surface area (TPSA) is 84.0 Å². The van der Waals surface area contributed by atoms with Crippen LogP contribution in [-0.2, 0) is 6.54 Å². The number of aliphatic imine (C=N–C) groups is 1. The Hall–Kier alpha value is -2.74. The van der Waals surface area contributed by atoms with Crippen LogP contribution in [0.15, 0.2) is 51.9 Å². The molecule has 7 nitrogen and oxygen atoms in total. The maximum atomic E-state index is 12.1. The van der Waals surface area contributed by atoms with Gasteiger partial charge in [-0.1, -0.05) is 28.1 Å². The molecular formula is C20H23BrN4O3. The summed E-state index contributed by atoms with van der Waals surface area (Å²) in [5.74, 6) is 2.17. The first-order valence-electron chi connectivity index (χ1n) is 9.02. The highest BCUT2D eigenvalue weighted by Crippen LogP contribution is 2.32. The molecule has 1 amide bonds. The summed E-state index contributed by atoms with van der Waals surface area (Å²) in [5, 5.41) is 9.41. The van der Waals surface area contributed by atoms with Crippen molar-refractivity contribution in [1.82, 2.24) is 16.0 Å². The van der Waals surface area contributed by atoms with Gasteiger partial charge in [0.25, 0.3) is 5.91 Å². The van der Waals surface area contributed by atoms with Gasteiger partial charge in [-0.05, 0) is 42.3 Å². The fourth-order valence-electron chi connectivity index (χ4n) is 2.69. The molecule has 8 heteroatoms. The first-order chi connectivity index (χ1) is 13.7. The molecular weight excluding hydrogens is 424 g/mol. The van der Waals surface area contributed by atoms with Gasteiger partial charge in [-0.2, -0.15) is 0 Å². The number of fused-ring (bicyclic) bond motifs is 1. The van der Waals surface area contributed by atoms with Crippen molar-refractivity contribution in [3.63, 3.8) is 0 Å². The molecule has 1 heterocycles. The molecule has 2 aromatic carbocycles. The van der Waals surface area contributed by atoms with E-state index in [1.165, 1.54) is 0 Å². The van der Waals surface area contributed by atoms with Gasteiger partial charge in [0.1, 0.15) is 0 Å². The van der Waals surface area contributed by atoms with Gasteiger partial charge in [-0.3, -0.25) is 9.79 Å². The van der Waals surface area contributed by atoms with Crippen LogP contribution in [0, 0.1) is 0 Å². The third-order valence-corrected chi connectivity index (χ3v) is 4.63. The molecule has 0 saturated carbocycles. The van der Waals surface area contributed by atoms with Gasteiger partial charge in [0, 0.05) is 36.7 Å². The second kappa shape index (κ2) is 9.98. The molecule has 3 N–H and O–H groups in total. The Balaban J connectivity index is 1.35. The fraction of sp³-hybridized carbons (Fsp3) is 0.300. The van der Waals surface area contributed by atoms with E-state index in [1.54, 1.807) is 19.2 Å². The summed E-state index contributed by atoms with van der Waals surface area (Å²) in [6, 6.07) is 13.2. The number of hydrogen-bond acceptors (Lipinski definition) is 4. The number of carbonyl (C=O) groups excluding carboxylic acids is 1. The van der Waals surface area contributed by atoms with Crippen LogP contribution in [0.5, 0.6) is 11.5 Å². The number of guanidine groups is 1. The Labute approximate surface area is 172 Å². The molecule has 2 aromatic rings. The van der Waals surface area contributed by atoms with Gasteiger partial charge >= 0.3 is 0 Å². The van der Waals surface area contributed by atoms with Gasteiger partial charge in [0.05, 0.1) is 0 Å². The highest BCUT2D eigenvalue weighted by Gasteiger charge is 2.13. The number of halogens is 1. The highest BCUT2D eigenvalue weighted by molar-refractivity contribution is 9.10. The van der Waals surface area contributed by atoms with Crippen molar-refractivity contribution in [3.05, 3.63) is 58.1 Å². The lowest BCUT2D eigenvalue weighted by Gasteiger charge is -2.12. The van der Waals surface area contributed by atoms with Crippen molar-refractivity contribution in [2.45, 2.75) is 13.0 Å². The van der Waals surface area contributed by atoms with Crippen molar-refractivity contribution in [3.8, 4) is 11.5 Å². The molecule has 28 heavy (non-hydrogen) atoms. The Morgan fingerprint density at radius 3 is 2.71 bits per heavy atom. The lowest BCUT2D eigenvalue weighted by Crippen LogP contribution is -2.38. The predicted molar refractivity (Wildman–Crippen MR) is 112 cm³/mol. The number of benzene rings is 2. The van der Waals surface area contributed by atoms with E-state index in [1.807, 2.05) is 30.3 Å². The zero-order valence-electron chi connectivity index (χ0n) is 15.6. The largest absolute Gasteiger partial charge is 0.454 e. The zero-order valence-corrected chi connectivity index (χ0v) is 17.2. The SMILES string of the molecule is CN=C(NCCCNC(=O)c1cccc(Br)c1)NCc1ccc2c(c1)OCO2. The monoisotopic (exact) mass is 446 g/mol. The van der Waals surface area contributed by atoms with Gasteiger partial charge in [-0.15, -0.1) is 0 Å². The molecule has 0 radical (unpaired) electrons. The third kappa shape index (κ3) is 5.63. The molecule has 0 aromatic heterocycles. The third-order valence-electron chi connectivity index (χ3n) is 4.14. The van der Waals surface area contributed by atoms with Gasteiger partial charge in [0.15, 0.2) is 17.5 Å². The average Bonchev–Trinajstić information content (AvgIpc) is 3.17. The van der Waals surface area contributed by atoms with Crippen LogP contribution in [0.1, 0.15) is 22.3 Å². The van der Waals surface area contributed by atoms with E-state index < -0.39 is 0 Å². The van der Waals surface area contributed by atoms with E-state index in [-0.39, 0.29) is 12.7 Å². The quantitative estimate of drug-likeness (QED) is 0.345. The number of rotatable bonds is 7. The molecule has 0 unspecified atom stereocenters. The Kier molecular flexibility index (Phi) is 7.13. The molecule has 0 saturated heterocycles. The smallest absolute Gasteiger partial charge is 0.251 e. The number of hydrogen-bond donors (Lipinski definition) is 3. The maximum Gasteiger partial charge on any atom is 0.251 e. The molecule has 1 aliphatic heterocycles. The fourth-order valence-corrected chi connectivity index (χ4v) is 3.09. The standard InChI is InChI=1S/C20H23BrN4O3/c1-22-20(25-12-14-6-7-17-18(10-14)28-13-27-17)24-9-3-8-23-19(26)15-4-2-5-16(21)11-15/h2,4-7,10-11H,3,8-9,12-13H2,1H3,(H,23,26)(H2,22,24,25). The average molecular weight is 447 g/mol. The molecule has 0 atom stereocenters. The van der Waals surface area contributed by atoms with E-state index in [4.69, 9.17) is 9.47 Å². The molecule has 0 aliphatic carbocycles. The summed E-state index contributed by atoms with van der Waals surface area (Å²) in [5.41, 5.74) is 1.72. The number of amides is 1. The first-order valence-corrected chi connectivity index (χ1v) is 9.82. The lowest BCUT2D eigenvalue weighted by molar-refractivity contribution is 0.0953. The van der Waals surface area contributed by atoms with Gasteiger partial charge in [0.2, 0.25) is 6.79 Å². The molecule has 0 bridgehead atoms. The van der Waals surface area contributed by atoms with Gasteiger partial charge in [-0.25, -0.2) is 0 Å². The minimum atomic E-state index is -0.0772. The van der Waals surface area contributed by atoms with Crippen LogP contribution >= 0.6 is 15.9 Å². The van der Waals surface area contributed by atoms with E-state index in [2.05, 4.69) is 36.9 Å². The molecule has 3 rings (SSSR count). The van der Waals surface area contributed by atoms with Crippen molar-refractivity contribution in [1.29, 1.82) is 0 Å². The summed E-state index contributed by atoms with van der Waals surface area (Å²) in [7, 11) is 1.73. The van der Waals surface area contributed by atoms with Crippen molar-refractivity contribution >= 4 is 27.8 Å². The second-order valence-corrected chi connectivity index (χ2v) is 7.08. The van der Waals surface area contributed by atoms with Crippen molar-refractivity contribution < 1.29 is 14.3 Å². The van der Waals surface area contributed by atoms with E-state index in [0.717, 1.165) is 28.0 Å².